The number of esters is 1. The van der Waals surface area contributed by atoms with Crippen molar-refractivity contribution < 1.29 is 9.53 Å². The average Bonchev–Trinajstić information content (AvgIpc) is 2.62. The lowest BCUT2D eigenvalue weighted by Crippen LogP contribution is -2.07. The van der Waals surface area contributed by atoms with Crippen LogP contribution in [0.15, 0.2) is 72.4 Å². The Morgan fingerprint density at radius 1 is 1.33 bits per heavy atom. The van der Waals surface area contributed by atoms with Gasteiger partial charge in [-0.3, -0.25) is 4.98 Å². The van der Waals surface area contributed by atoms with Crippen LogP contribution in [0.3, 0.4) is 0 Å². The fourth-order valence-electron chi connectivity index (χ4n) is 2.19. The second kappa shape index (κ2) is 9.73. The average molecular weight is 339 g/mol. The van der Waals surface area contributed by atoms with Gasteiger partial charge in [-0.2, -0.15) is 0 Å². The fourth-order valence-corrected chi connectivity index (χ4v) is 2.91. The maximum atomic E-state index is 12.2. The van der Waals surface area contributed by atoms with Gasteiger partial charge >= 0.3 is 5.97 Å². The van der Waals surface area contributed by atoms with Gasteiger partial charge in [-0.15, -0.1) is 18.3 Å². The Morgan fingerprint density at radius 2 is 2.21 bits per heavy atom. The first-order chi connectivity index (χ1) is 11.7. The highest BCUT2D eigenvalue weighted by Crippen LogP contribution is 2.21. The molecule has 24 heavy (non-hydrogen) atoms. The molecule has 0 unspecified atom stereocenters. The molecular formula is C20H21NO2S. The van der Waals surface area contributed by atoms with Crippen molar-refractivity contribution in [1.29, 1.82) is 0 Å². The highest BCUT2D eigenvalue weighted by atomic mass is 32.2. The predicted octanol–water partition coefficient (Wildman–Crippen LogP) is 4.55. The van der Waals surface area contributed by atoms with Crippen molar-refractivity contribution in [3.05, 3.63) is 78.6 Å². The zero-order valence-electron chi connectivity index (χ0n) is 13.8. The quantitative estimate of drug-likeness (QED) is 0.306. The molecule has 0 N–H and O–H groups in total. The van der Waals surface area contributed by atoms with Crippen molar-refractivity contribution >= 4 is 23.3 Å². The number of aromatic nitrogens is 1. The maximum Gasteiger partial charge on any atom is 0.338 e. The molecule has 0 spiro atoms. The minimum atomic E-state index is -0.317. The normalized spacial score (nSPS) is 11.1. The van der Waals surface area contributed by atoms with Crippen LogP contribution >= 0.6 is 11.8 Å². The van der Waals surface area contributed by atoms with E-state index in [2.05, 4.69) is 29.8 Å². The topological polar surface area (TPSA) is 39.2 Å². The Kier molecular flexibility index (Phi) is 7.30. The number of carbonyl (C=O) groups is 1. The third-order valence-electron chi connectivity index (χ3n) is 3.28. The predicted molar refractivity (Wildman–Crippen MR) is 99.9 cm³/mol. The van der Waals surface area contributed by atoms with Gasteiger partial charge in [-0.05, 0) is 37.1 Å². The molecule has 0 fully saturated rings. The summed E-state index contributed by atoms with van der Waals surface area (Å²) in [5, 5.41) is 0. The summed E-state index contributed by atoms with van der Waals surface area (Å²) in [7, 11) is 0. The number of carbonyl (C=O) groups excluding carboxylic acids is 1. The number of hydrogen-bond acceptors (Lipinski definition) is 4. The lowest BCUT2D eigenvalue weighted by Gasteiger charge is -2.08. The number of hydrogen-bond donors (Lipinski definition) is 0. The molecule has 0 bridgehead atoms. The van der Waals surface area contributed by atoms with E-state index < -0.39 is 0 Å². The number of nitrogens with zero attached hydrogens (tertiary/aromatic N) is 1. The van der Waals surface area contributed by atoms with Crippen LogP contribution in [0.2, 0.25) is 0 Å². The van der Waals surface area contributed by atoms with E-state index in [9.17, 15) is 4.79 Å². The summed E-state index contributed by atoms with van der Waals surface area (Å²) in [4.78, 5) is 17.5. The molecule has 0 amide bonds. The van der Waals surface area contributed by atoms with Crippen molar-refractivity contribution in [2.75, 3.05) is 12.4 Å². The monoisotopic (exact) mass is 339 g/mol. The summed E-state index contributed by atoms with van der Waals surface area (Å²) >= 11 is 1.74. The van der Waals surface area contributed by atoms with Crippen LogP contribution in [0.4, 0.5) is 0 Å². The highest BCUT2D eigenvalue weighted by Gasteiger charge is 2.13. The SMILES string of the molecule is C=CCSc1cccc(CC=C(C(=O)OCC)c2cccnc2)c1. The summed E-state index contributed by atoms with van der Waals surface area (Å²) in [6.07, 6.45) is 7.82. The van der Waals surface area contributed by atoms with Crippen LogP contribution in [0.5, 0.6) is 0 Å². The lowest BCUT2D eigenvalue weighted by atomic mass is 10.0. The fraction of sp³-hybridized carbons (Fsp3) is 0.200. The van der Waals surface area contributed by atoms with Crippen molar-refractivity contribution in [1.82, 2.24) is 4.98 Å². The number of rotatable bonds is 8. The number of benzene rings is 1. The van der Waals surface area contributed by atoms with E-state index in [0.29, 0.717) is 18.6 Å². The van der Waals surface area contributed by atoms with Crippen molar-refractivity contribution in [2.24, 2.45) is 0 Å². The third kappa shape index (κ3) is 5.39. The summed E-state index contributed by atoms with van der Waals surface area (Å²) in [5.74, 6) is 0.561. The Labute approximate surface area is 147 Å². The number of thioether (sulfide) groups is 1. The van der Waals surface area contributed by atoms with Gasteiger partial charge in [0.2, 0.25) is 0 Å². The Balaban J connectivity index is 2.21. The molecule has 1 aromatic heterocycles. The van der Waals surface area contributed by atoms with Crippen molar-refractivity contribution in [3.8, 4) is 0 Å². The Bertz CT molecular complexity index is 711. The molecule has 1 aromatic carbocycles. The zero-order chi connectivity index (χ0) is 17.2. The maximum absolute atomic E-state index is 12.2. The van der Waals surface area contributed by atoms with Crippen LogP contribution in [0.25, 0.3) is 5.57 Å². The van der Waals surface area contributed by atoms with E-state index in [4.69, 9.17) is 4.74 Å². The van der Waals surface area contributed by atoms with Gasteiger partial charge in [0.15, 0.2) is 0 Å². The van der Waals surface area contributed by atoms with Gasteiger partial charge in [0.25, 0.3) is 0 Å². The molecule has 3 nitrogen and oxygen atoms in total. The van der Waals surface area contributed by atoms with Crippen LogP contribution in [0, 0.1) is 0 Å². The molecule has 0 saturated heterocycles. The molecule has 2 aromatic rings. The summed E-state index contributed by atoms with van der Waals surface area (Å²) in [6, 6.07) is 12.0. The highest BCUT2D eigenvalue weighted by molar-refractivity contribution is 7.99. The first kappa shape index (κ1) is 18.0. The Morgan fingerprint density at radius 3 is 2.92 bits per heavy atom. The molecule has 4 heteroatoms. The van der Waals surface area contributed by atoms with E-state index in [1.165, 1.54) is 4.90 Å². The smallest absolute Gasteiger partial charge is 0.338 e. The van der Waals surface area contributed by atoms with Crippen LogP contribution in [0.1, 0.15) is 18.1 Å². The van der Waals surface area contributed by atoms with Crippen LogP contribution in [-0.2, 0) is 16.0 Å². The van der Waals surface area contributed by atoms with Crippen LogP contribution < -0.4 is 0 Å². The standard InChI is InChI=1S/C20H21NO2S/c1-3-13-24-18-9-5-7-16(14-18)10-11-19(20(22)23-4-2)17-8-6-12-21-15-17/h3,5-9,11-12,14-15H,1,4,10,13H2,2H3. The third-order valence-corrected chi connectivity index (χ3v) is 4.27. The van der Waals surface area contributed by atoms with Crippen molar-refractivity contribution in [2.45, 2.75) is 18.2 Å². The zero-order valence-corrected chi connectivity index (χ0v) is 14.6. The molecule has 0 radical (unpaired) electrons. The summed E-state index contributed by atoms with van der Waals surface area (Å²) in [5.41, 5.74) is 2.47. The van der Waals surface area contributed by atoms with E-state index >= 15 is 0 Å². The van der Waals surface area contributed by atoms with E-state index in [1.54, 1.807) is 31.1 Å². The number of ether oxygens (including phenoxy) is 1. The summed E-state index contributed by atoms with van der Waals surface area (Å²) in [6.45, 7) is 5.90. The van der Waals surface area contributed by atoms with Gasteiger partial charge in [0.05, 0.1) is 12.2 Å². The van der Waals surface area contributed by atoms with Crippen LogP contribution in [-0.4, -0.2) is 23.3 Å². The molecule has 1 heterocycles. The number of pyridine rings is 1. The number of allylic oxidation sites excluding steroid dienone is 1. The van der Waals surface area contributed by atoms with Gasteiger partial charge in [-0.1, -0.05) is 30.4 Å². The van der Waals surface area contributed by atoms with E-state index in [-0.39, 0.29) is 5.97 Å². The molecule has 2 rings (SSSR count). The van der Waals surface area contributed by atoms with Gasteiger partial charge in [-0.25, -0.2) is 4.79 Å². The molecule has 0 aliphatic carbocycles. The lowest BCUT2D eigenvalue weighted by molar-refractivity contribution is -0.136. The molecule has 0 aliphatic heterocycles. The second-order valence-corrected chi connectivity index (χ2v) is 6.12. The molecular weight excluding hydrogens is 318 g/mol. The largest absolute Gasteiger partial charge is 0.462 e. The molecule has 0 atom stereocenters. The first-order valence-electron chi connectivity index (χ1n) is 7.85. The van der Waals surface area contributed by atoms with E-state index in [0.717, 1.165) is 16.9 Å². The minimum Gasteiger partial charge on any atom is -0.462 e. The summed E-state index contributed by atoms with van der Waals surface area (Å²) < 4.78 is 5.17. The molecule has 0 saturated carbocycles. The van der Waals surface area contributed by atoms with E-state index in [1.807, 2.05) is 30.4 Å². The van der Waals surface area contributed by atoms with Gasteiger partial charge < -0.3 is 4.74 Å². The molecule has 124 valence electrons. The minimum absolute atomic E-state index is 0.317. The Hall–Kier alpha value is -2.33. The van der Waals surface area contributed by atoms with Crippen molar-refractivity contribution in [3.63, 3.8) is 0 Å². The van der Waals surface area contributed by atoms with Gasteiger partial charge in [0.1, 0.15) is 0 Å². The first-order valence-corrected chi connectivity index (χ1v) is 8.83. The second-order valence-electron chi connectivity index (χ2n) is 5.03. The van der Waals surface area contributed by atoms with Gasteiger partial charge in [0, 0.05) is 28.6 Å². The molecule has 0 aliphatic rings.